The second kappa shape index (κ2) is 11.0. The molecule has 172 valence electrons. The summed E-state index contributed by atoms with van der Waals surface area (Å²) in [6, 6.07) is 18.2. The van der Waals surface area contributed by atoms with E-state index < -0.39 is 6.09 Å². The molecule has 0 bridgehead atoms. The first-order chi connectivity index (χ1) is 16.1. The predicted molar refractivity (Wildman–Crippen MR) is 135 cm³/mol. The number of benzene rings is 2. The van der Waals surface area contributed by atoms with E-state index in [9.17, 15) is 4.79 Å². The molecule has 4 rings (SSSR count). The van der Waals surface area contributed by atoms with Crippen molar-refractivity contribution >= 4 is 17.6 Å². The summed E-state index contributed by atoms with van der Waals surface area (Å²) in [5.74, 6) is 1.48. The van der Waals surface area contributed by atoms with Gasteiger partial charge in [-0.05, 0) is 72.7 Å². The summed E-state index contributed by atoms with van der Waals surface area (Å²) in [6.07, 6.45) is 8.36. The SMILES string of the molecule is CCCc1ccc(-c2cc(OC(=O)Nc3ccc(N4CCCCCC4)nc3)ccc2C)cc1. The van der Waals surface area contributed by atoms with E-state index in [0.717, 1.165) is 48.4 Å². The maximum Gasteiger partial charge on any atom is 0.417 e. The Hall–Kier alpha value is -3.34. The third-order valence-electron chi connectivity index (χ3n) is 6.15. The molecular formula is C28H33N3O2. The van der Waals surface area contributed by atoms with Crippen LogP contribution < -0.4 is 15.0 Å². The van der Waals surface area contributed by atoms with Gasteiger partial charge in [-0.15, -0.1) is 0 Å². The second-order valence-corrected chi connectivity index (χ2v) is 8.74. The van der Waals surface area contributed by atoms with E-state index in [0.29, 0.717) is 11.4 Å². The Balaban J connectivity index is 1.39. The number of aromatic nitrogens is 1. The molecule has 33 heavy (non-hydrogen) atoms. The van der Waals surface area contributed by atoms with Gasteiger partial charge in [-0.1, -0.05) is 56.5 Å². The number of nitrogens with zero attached hydrogens (tertiary/aromatic N) is 2. The van der Waals surface area contributed by atoms with Crippen molar-refractivity contribution in [1.29, 1.82) is 0 Å². The first kappa shape index (κ1) is 22.8. The Kier molecular flexibility index (Phi) is 7.61. The fourth-order valence-electron chi connectivity index (χ4n) is 4.31. The van der Waals surface area contributed by atoms with Gasteiger partial charge in [-0.25, -0.2) is 9.78 Å². The molecule has 0 aliphatic carbocycles. The summed E-state index contributed by atoms with van der Waals surface area (Å²) in [5, 5.41) is 2.79. The lowest BCUT2D eigenvalue weighted by molar-refractivity contribution is 0.215. The van der Waals surface area contributed by atoms with Crippen LogP contribution in [-0.4, -0.2) is 24.2 Å². The van der Waals surface area contributed by atoms with Crippen LogP contribution in [-0.2, 0) is 6.42 Å². The fraction of sp³-hybridized carbons (Fsp3) is 0.357. The van der Waals surface area contributed by atoms with Crippen LogP contribution in [0.1, 0.15) is 50.2 Å². The van der Waals surface area contributed by atoms with E-state index in [-0.39, 0.29) is 0 Å². The largest absolute Gasteiger partial charge is 0.417 e. The first-order valence-corrected chi connectivity index (χ1v) is 12.0. The van der Waals surface area contributed by atoms with Gasteiger partial charge < -0.3 is 9.64 Å². The number of rotatable bonds is 6. The lowest BCUT2D eigenvalue weighted by atomic mass is 9.98. The van der Waals surface area contributed by atoms with Crippen molar-refractivity contribution in [3.8, 4) is 16.9 Å². The summed E-state index contributed by atoms with van der Waals surface area (Å²) in [5.41, 5.74) is 5.27. The summed E-state index contributed by atoms with van der Waals surface area (Å²) in [4.78, 5) is 19.4. The van der Waals surface area contributed by atoms with Gasteiger partial charge in [0.15, 0.2) is 0 Å². The number of ether oxygens (including phenoxy) is 1. The quantitative estimate of drug-likeness (QED) is 0.445. The first-order valence-electron chi connectivity index (χ1n) is 12.0. The molecule has 0 spiro atoms. The Bertz CT molecular complexity index is 1050. The summed E-state index contributed by atoms with van der Waals surface area (Å²) in [6.45, 7) is 6.33. The van der Waals surface area contributed by atoms with Gasteiger partial charge in [0.1, 0.15) is 11.6 Å². The zero-order chi connectivity index (χ0) is 23.0. The van der Waals surface area contributed by atoms with Crippen LogP contribution in [0.4, 0.5) is 16.3 Å². The standard InChI is InChI=1S/C28H33N3O2/c1-3-8-22-10-12-23(13-11-22)26-19-25(15-9-21(26)2)33-28(32)30-24-14-16-27(29-20-24)31-17-6-4-5-7-18-31/h9-16,19-20H,3-8,17-18H2,1-2H3,(H,30,32). The molecule has 1 aliphatic heterocycles. The molecule has 0 radical (unpaired) electrons. The van der Waals surface area contributed by atoms with Crippen LogP contribution in [0, 0.1) is 6.92 Å². The topological polar surface area (TPSA) is 54.5 Å². The molecule has 2 aromatic carbocycles. The smallest absolute Gasteiger partial charge is 0.410 e. The third-order valence-corrected chi connectivity index (χ3v) is 6.15. The highest BCUT2D eigenvalue weighted by Crippen LogP contribution is 2.28. The number of pyridine rings is 1. The van der Waals surface area contributed by atoms with Gasteiger partial charge in [0.2, 0.25) is 0 Å². The molecule has 1 amide bonds. The molecular weight excluding hydrogens is 410 g/mol. The molecule has 1 fully saturated rings. The maximum absolute atomic E-state index is 12.5. The molecule has 5 nitrogen and oxygen atoms in total. The minimum absolute atomic E-state index is 0.514. The van der Waals surface area contributed by atoms with E-state index in [1.54, 1.807) is 6.20 Å². The highest BCUT2D eigenvalue weighted by atomic mass is 16.6. The summed E-state index contributed by atoms with van der Waals surface area (Å²) in [7, 11) is 0. The van der Waals surface area contributed by atoms with E-state index >= 15 is 0 Å². The Morgan fingerprint density at radius 1 is 1.00 bits per heavy atom. The second-order valence-electron chi connectivity index (χ2n) is 8.74. The average Bonchev–Trinajstić information content (AvgIpc) is 3.11. The van der Waals surface area contributed by atoms with Crippen molar-refractivity contribution in [2.24, 2.45) is 0 Å². The van der Waals surface area contributed by atoms with Crippen LogP contribution in [0.25, 0.3) is 11.1 Å². The predicted octanol–water partition coefficient (Wildman–Crippen LogP) is 7.00. The minimum atomic E-state index is -0.521. The van der Waals surface area contributed by atoms with Gasteiger partial charge in [0.25, 0.3) is 0 Å². The van der Waals surface area contributed by atoms with Crippen molar-refractivity contribution in [2.45, 2.75) is 52.4 Å². The lowest BCUT2D eigenvalue weighted by Gasteiger charge is -2.21. The number of anilines is 2. The highest BCUT2D eigenvalue weighted by molar-refractivity contribution is 5.86. The third kappa shape index (κ3) is 6.13. The Morgan fingerprint density at radius 2 is 1.76 bits per heavy atom. The van der Waals surface area contributed by atoms with Crippen molar-refractivity contribution in [3.05, 3.63) is 71.9 Å². The van der Waals surface area contributed by atoms with Crippen LogP contribution in [0.5, 0.6) is 5.75 Å². The molecule has 1 aromatic heterocycles. The number of carbonyl (C=O) groups is 1. The van der Waals surface area contributed by atoms with Gasteiger partial charge in [-0.2, -0.15) is 0 Å². The van der Waals surface area contributed by atoms with Crippen LogP contribution in [0.2, 0.25) is 0 Å². The molecule has 5 heteroatoms. The number of nitrogens with one attached hydrogen (secondary N) is 1. The fourth-order valence-corrected chi connectivity index (χ4v) is 4.31. The van der Waals surface area contributed by atoms with Gasteiger partial charge in [0, 0.05) is 13.1 Å². The number of aryl methyl sites for hydroxylation is 2. The Morgan fingerprint density at radius 3 is 2.42 bits per heavy atom. The van der Waals surface area contributed by atoms with E-state index in [1.165, 1.54) is 31.2 Å². The average molecular weight is 444 g/mol. The van der Waals surface area contributed by atoms with Crippen molar-refractivity contribution in [1.82, 2.24) is 4.98 Å². The van der Waals surface area contributed by atoms with Crippen molar-refractivity contribution in [2.75, 3.05) is 23.3 Å². The molecule has 3 aromatic rings. The summed E-state index contributed by atoms with van der Waals surface area (Å²) >= 11 is 0. The zero-order valence-corrected chi connectivity index (χ0v) is 19.6. The summed E-state index contributed by atoms with van der Waals surface area (Å²) < 4.78 is 5.57. The molecule has 0 atom stereocenters. The van der Waals surface area contributed by atoms with E-state index in [4.69, 9.17) is 4.74 Å². The molecule has 1 saturated heterocycles. The lowest BCUT2D eigenvalue weighted by Crippen LogP contribution is -2.25. The Labute approximate surface area is 196 Å². The number of amides is 1. The van der Waals surface area contributed by atoms with Crippen LogP contribution >= 0.6 is 0 Å². The van der Waals surface area contributed by atoms with Gasteiger partial charge >= 0.3 is 6.09 Å². The number of hydrogen-bond donors (Lipinski definition) is 1. The van der Waals surface area contributed by atoms with E-state index in [2.05, 4.69) is 53.3 Å². The molecule has 1 N–H and O–H groups in total. The van der Waals surface area contributed by atoms with Gasteiger partial charge in [0.05, 0.1) is 11.9 Å². The van der Waals surface area contributed by atoms with E-state index in [1.807, 2.05) is 30.3 Å². The monoisotopic (exact) mass is 443 g/mol. The number of hydrogen-bond acceptors (Lipinski definition) is 4. The minimum Gasteiger partial charge on any atom is -0.410 e. The normalized spacial score (nSPS) is 13.9. The number of carbonyl (C=O) groups excluding carboxylic acids is 1. The van der Waals surface area contributed by atoms with Crippen molar-refractivity contribution in [3.63, 3.8) is 0 Å². The molecule has 0 saturated carbocycles. The highest BCUT2D eigenvalue weighted by Gasteiger charge is 2.12. The molecule has 1 aliphatic rings. The van der Waals surface area contributed by atoms with Crippen LogP contribution in [0.3, 0.4) is 0 Å². The molecule has 0 unspecified atom stereocenters. The molecule has 2 heterocycles. The van der Waals surface area contributed by atoms with Crippen molar-refractivity contribution < 1.29 is 9.53 Å². The maximum atomic E-state index is 12.5. The van der Waals surface area contributed by atoms with Crippen LogP contribution in [0.15, 0.2) is 60.8 Å². The zero-order valence-electron chi connectivity index (χ0n) is 19.6. The van der Waals surface area contributed by atoms with Gasteiger partial charge in [-0.3, -0.25) is 5.32 Å².